The molecule has 1 atom stereocenters. The van der Waals surface area contributed by atoms with Crippen molar-refractivity contribution < 1.29 is 0 Å². The molecule has 1 aliphatic carbocycles. The minimum Gasteiger partial charge on any atom is -0.346 e. The van der Waals surface area contributed by atoms with Gasteiger partial charge in [0.2, 0.25) is 0 Å². The maximum Gasteiger partial charge on any atom is 0.0525 e. The Bertz CT molecular complexity index is 649. The maximum absolute atomic E-state index is 3.33. The molecular formula is C18H24N2. The van der Waals surface area contributed by atoms with E-state index in [1.807, 2.05) is 7.05 Å². The minimum absolute atomic E-state index is 0.118. The summed E-state index contributed by atoms with van der Waals surface area (Å²) in [5, 5.41) is 3.33. The third-order valence-electron chi connectivity index (χ3n) is 4.70. The van der Waals surface area contributed by atoms with Crippen LogP contribution in [0.3, 0.4) is 0 Å². The van der Waals surface area contributed by atoms with Crippen molar-refractivity contribution in [3.05, 3.63) is 47.2 Å². The molecule has 1 aromatic carbocycles. The molecule has 0 spiro atoms. The van der Waals surface area contributed by atoms with E-state index < -0.39 is 0 Å². The van der Waals surface area contributed by atoms with Crippen LogP contribution < -0.4 is 5.32 Å². The van der Waals surface area contributed by atoms with Gasteiger partial charge in [0, 0.05) is 29.8 Å². The predicted molar refractivity (Wildman–Crippen MR) is 85.3 cm³/mol. The number of aryl methyl sites for hydroxylation is 1. The number of fused-ring (bicyclic) bond motifs is 3. The fourth-order valence-electron chi connectivity index (χ4n) is 3.36. The molecule has 1 aliphatic rings. The molecule has 0 aliphatic heterocycles. The van der Waals surface area contributed by atoms with Gasteiger partial charge in [-0.2, -0.15) is 0 Å². The van der Waals surface area contributed by atoms with Gasteiger partial charge in [0.25, 0.3) is 0 Å². The summed E-state index contributed by atoms with van der Waals surface area (Å²) < 4.78 is 2.41. The highest BCUT2D eigenvalue weighted by molar-refractivity contribution is 5.79. The van der Waals surface area contributed by atoms with Crippen LogP contribution in [0.2, 0.25) is 0 Å². The van der Waals surface area contributed by atoms with Crippen LogP contribution in [0.1, 0.15) is 37.5 Å². The van der Waals surface area contributed by atoms with Crippen molar-refractivity contribution in [1.82, 2.24) is 9.88 Å². The van der Waals surface area contributed by atoms with Gasteiger partial charge in [0.1, 0.15) is 0 Å². The van der Waals surface area contributed by atoms with Crippen molar-refractivity contribution >= 4 is 0 Å². The molecule has 106 valence electrons. The summed E-state index contributed by atoms with van der Waals surface area (Å²) in [7, 11) is 2.02. The van der Waals surface area contributed by atoms with Crippen molar-refractivity contribution in [3.8, 4) is 11.3 Å². The van der Waals surface area contributed by atoms with Crippen LogP contribution in [0.15, 0.2) is 30.5 Å². The van der Waals surface area contributed by atoms with E-state index in [4.69, 9.17) is 0 Å². The van der Waals surface area contributed by atoms with E-state index in [9.17, 15) is 0 Å². The van der Waals surface area contributed by atoms with Crippen LogP contribution in [-0.4, -0.2) is 17.7 Å². The summed E-state index contributed by atoms with van der Waals surface area (Å²) in [4.78, 5) is 0. The molecule has 1 heterocycles. The third-order valence-corrected chi connectivity index (χ3v) is 4.70. The first-order valence-electron chi connectivity index (χ1n) is 7.43. The van der Waals surface area contributed by atoms with Crippen molar-refractivity contribution in [2.75, 3.05) is 7.05 Å². The van der Waals surface area contributed by atoms with Gasteiger partial charge >= 0.3 is 0 Å². The lowest BCUT2D eigenvalue weighted by atomic mass is 9.83. The molecule has 2 nitrogen and oxygen atoms in total. The number of aromatic nitrogens is 1. The van der Waals surface area contributed by atoms with Gasteiger partial charge in [-0.1, -0.05) is 31.5 Å². The average Bonchev–Trinajstić information content (AvgIpc) is 2.90. The van der Waals surface area contributed by atoms with E-state index >= 15 is 0 Å². The lowest BCUT2D eigenvalue weighted by Gasteiger charge is -2.20. The summed E-state index contributed by atoms with van der Waals surface area (Å²) in [5.41, 5.74) is 7.20. The highest BCUT2D eigenvalue weighted by Crippen LogP contribution is 2.49. The molecule has 0 unspecified atom stereocenters. The highest BCUT2D eigenvalue weighted by Gasteiger charge is 2.37. The van der Waals surface area contributed by atoms with Gasteiger partial charge in [-0.3, -0.25) is 0 Å². The average molecular weight is 268 g/mol. The van der Waals surface area contributed by atoms with Crippen molar-refractivity contribution in [2.24, 2.45) is 0 Å². The van der Waals surface area contributed by atoms with E-state index in [-0.39, 0.29) is 5.41 Å². The zero-order valence-corrected chi connectivity index (χ0v) is 13.1. The largest absolute Gasteiger partial charge is 0.346 e. The van der Waals surface area contributed by atoms with Gasteiger partial charge in [-0.25, -0.2) is 0 Å². The summed E-state index contributed by atoms with van der Waals surface area (Å²) in [6.07, 6.45) is 2.24. The number of benzene rings is 1. The molecule has 1 aromatic heterocycles. The summed E-state index contributed by atoms with van der Waals surface area (Å²) in [6, 6.07) is 9.64. The van der Waals surface area contributed by atoms with Gasteiger partial charge in [-0.05, 0) is 44.2 Å². The molecular weight excluding hydrogens is 244 g/mol. The number of hydrogen-bond donors (Lipinski definition) is 1. The molecule has 2 heteroatoms. The zero-order chi connectivity index (χ0) is 14.5. The van der Waals surface area contributed by atoms with E-state index in [1.165, 1.54) is 27.9 Å². The van der Waals surface area contributed by atoms with E-state index in [0.29, 0.717) is 6.04 Å². The lowest BCUT2D eigenvalue weighted by molar-refractivity contribution is 0.519. The molecule has 0 bridgehead atoms. The standard InChI is InChI=1S/C18H24N2/c1-12-6-7-15-14(10-12)17-16(18(15,3)4)8-9-20(17)11-13(2)19-5/h6-10,13,19H,11H2,1-5H3/t13-/m0/s1. The number of rotatable bonds is 3. The zero-order valence-electron chi connectivity index (χ0n) is 13.1. The second kappa shape index (κ2) is 4.49. The fraction of sp³-hybridized carbons (Fsp3) is 0.444. The Hall–Kier alpha value is -1.54. The van der Waals surface area contributed by atoms with Crippen molar-refractivity contribution in [1.29, 1.82) is 0 Å². The summed E-state index contributed by atoms with van der Waals surface area (Å²) in [5.74, 6) is 0. The molecule has 2 aromatic rings. The van der Waals surface area contributed by atoms with E-state index in [2.05, 4.69) is 68.0 Å². The first-order chi connectivity index (χ1) is 9.45. The Kier molecular flexibility index (Phi) is 3.02. The van der Waals surface area contributed by atoms with Crippen LogP contribution in [-0.2, 0) is 12.0 Å². The third kappa shape index (κ3) is 1.82. The molecule has 1 N–H and O–H groups in total. The lowest BCUT2D eigenvalue weighted by Crippen LogP contribution is -2.26. The normalized spacial score (nSPS) is 16.9. The van der Waals surface area contributed by atoms with Crippen molar-refractivity contribution in [2.45, 2.75) is 45.7 Å². The Morgan fingerprint density at radius 2 is 1.95 bits per heavy atom. The SMILES string of the molecule is CN[C@@H](C)Cn1ccc2c1-c1cc(C)ccc1C2(C)C. The number of nitrogens with zero attached hydrogens (tertiary/aromatic N) is 1. The van der Waals surface area contributed by atoms with Crippen LogP contribution in [0.4, 0.5) is 0 Å². The Labute approximate surface area is 121 Å². The summed E-state index contributed by atoms with van der Waals surface area (Å²) >= 11 is 0. The summed E-state index contributed by atoms with van der Waals surface area (Å²) in [6.45, 7) is 10.1. The monoisotopic (exact) mass is 268 g/mol. The van der Waals surface area contributed by atoms with Gasteiger partial charge in [0.15, 0.2) is 0 Å². The van der Waals surface area contributed by atoms with Gasteiger partial charge < -0.3 is 9.88 Å². The molecule has 0 amide bonds. The van der Waals surface area contributed by atoms with E-state index in [1.54, 1.807) is 0 Å². The van der Waals surface area contributed by atoms with Gasteiger partial charge in [0.05, 0.1) is 5.69 Å². The first-order valence-corrected chi connectivity index (χ1v) is 7.43. The second-order valence-electron chi connectivity index (χ2n) is 6.59. The van der Waals surface area contributed by atoms with E-state index in [0.717, 1.165) is 6.54 Å². The topological polar surface area (TPSA) is 17.0 Å². The Morgan fingerprint density at radius 3 is 2.65 bits per heavy atom. The number of hydrogen-bond acceptors (Lipinski definition) is 1. The fourth-order valence-corrected chi connectivity index (χ4v) is 3.36. The van der Waals surface area contributed by atoms with Crippen LogP contribution in [0.25, 0.3) is 11.3 Å². The first kappa shape index (κ1) is 13.4. The second-order valence-corrected chi connectivity index (χ2v) is 6.59. The Morgan fingerprint density at radius 1 is 1.20 bits per heavy atom. The van der Waals surface area contributed by atoms with Crippen LogP contribution in [0, 0.1) is 6.92 Å². The molecule has 0 saturated heterocycles. The molecule has 20 heavy (non-hydrogen) atoms. The number of nitrogens with one attached hydrogen (secondary N) is 1. The van der Waals surface area contributed by atoms with Crippen LogP contribution in [0.5, 0.6) is 0 Å². The van der Waals surface area contributed by atoms with Crippen molar-refractivity contribution in [3.63, 3.8) is 0 Å². The molecule has 0 radical (unpaired) electrons. The minimum atomic E-state index is 0.118. The molecule has 3 rings (SSSR count). The Balaban J connectivity index is 2.17. The molecule has 0 saturated carbocycles. The van der Waals surface area contributed by atoms with Crippen LogP contribution >= 0.6 is 0 Å². The molecule has 0 fully saturated rings. The number of likely N-dealkylation sites (N-methyl/N-ethyl adjacent to an activating group) is 1. The van der Waals surface area contributed by atoms with Gasteiger partial charge in [-0.15, -0.1) is 0 Å². The predicted octanol–water partition coefficient (Wildman–Crippen LogP) is 3.71. The quantitative estimate of drug-likeness (QED) is 0.898. The maximum atomic E-state index is 3.33. The highest BCUT2D eigenvalue weighted by atomic mass is 15.0. The smallest absolute Gasteiger partial charge is 0.0525 e.